The second-order valence-electron chi connectivity index (χ2n) is 5.65. The number of methoxy groups -OCH3 is 1. The molecule has 0 aromatic rings. The molecule has 0 heterocycles. The van der Waals surface area contributed by atoms with Crippen molar-refractivity contribution in [2.45, 2.75) is 59.4 Å². The molecule has 0 aliphatic heterocycles. The maximum Gasteiger partial charge on any atom is 0.236 e. The molecule has 0 bridgehead atoms. The topological polar surface area (TPSA) is 88.2 Å². The Morgan fingerprint density at radius 3 is 2.19 bits per heavy atom. The van der Waals surface area contributed by atoms with Crippen molar-refractivity contribution < 1.29 is 14.7 Å². The molecule has 1 amide bonds. The van der Waals surface area contributed by atoms with Crippen molar-refractivity contribution in [1.82, 2.24) is 4.90 Å². The maximum absolute atomic E-state index is 13.1. The number of amides is 1. The van der Waals surface area contributed by atoms with Gasteiger partial charge in [0.05, 0.1) is 6.61 Å². The Morgan fingerprint density at radius 2 is 1.86 bits per heavy atom. The van der Waals surface area contributed by atoms with Crippen LogP contribution in [0.1, 0.15) is 53.4 Å². The van der Waals surface area contributed by atoms with Crippen molar-refractivity contribution in [3.63, 3.8) is 0 Å². The SMILES string of the molecule is CCCC(CCC)(C(=O)N(CCOC)C(C)C)C(N)=NO. The molecule has 3 N–H and O–H groups in total. The number of carbonyl (C=O) groups excluding carboxylic acids is 1. The Bertz CT molecular complexity index is 337. The Hall–Kier alpha value is -1.30. The molecule has 0 saturated heterocycles. The lowest BCUT2D eigenvalue weighted by Crippen LogP contribution is -2.54. The van der Waals surface area contributed by atoms with Crippen LogP contribution < -0.4 is 5.73 Å². The van der Waals surface area contributed by atoms with E-state index >= 15 is 0 Å². The highest BCUT2D eigenvalue weighted by atomic mass is 16.5. The van der Waals surface area contributed by atoms with Crippen LogP contribution in [-0.2, 0) is 9.53 Å². The molecular formula is C15H31N3O3. The predicted molar refractivity (Wildman–Crippen MR) is 84.4 cm³/mol. The molecular weight excluding hydrogens is 270 g/mol. The minimum Gasteiger partial charge on any atom is -0.409 e. The van der Waals surface area contributed by atoms with Gasteiger partial charge in [-0.1, -0.05) is 31.8 Å². The van der Waals surface area contributed by atoms with Crippen LogP contribution in [0.4, 0.5) is 0 Å². The van der Waals surface area contributed by atoms with E-state index in [-0.39, 0.29) is 17.8 Å². The lowest BCUT2D eigenvalue weighted by atomic mass is 9.76. The average Bonchev–Trinajstić information content (AvgIpc) is 2.45. The van der Waals surface area contributed by atoms with E-state index in [0.29, 0.717) is 26.0 Å². The van der Waals surface area contributed by atoms with Crippen LogP contribution in [0.2, 0.25) is 0 Å². The van der Waals surface area contributed by atoms with Crippen LogP contribution in [0.5, 0.6) is 0 Å². The first-order chi connectivity index (χ1) is 9.91. The van der Waals surface area contributed by atoms with Crippen LogP contribution in [0.25, 0.3) is 0 Å². The number of oxime groups is 1. The minimum absolute atomic E-state index is 0.0132. The van der Waals surface area contributed by atoms with Gasteiger partial charge in [0.25, 0.3) is 0 Å². The fourth-order valence-corrected chi connectivity index (χ4v) is 2.71. The van der Waals surface area contributed by atoms with Gasteiger partial charge in [-0.05, 0) is 26.7 Å². The number of nitrogens with zero attached hydrogens (tertiary/aromatic N) is 2. The molecule has 6 heteroatoms. The van der Waals surface area contributed by atoms with E-state index in [1.54, 1.807) is 12.0 Å². The van der Waals surface area contributed by atoms with Gasteiger partial charge in [-0.3, -0.25) is 4.79 Å². The van der Waals surface area contributed by atoms with Crippen molar-refractivity contribution in [1.29, 1.82) is 0 Å². The first-order valence-electron chi connectivity index (χ1n) is 7.69. The molecule has 6 nitrogen and oxygen atoms in total. The highest BCUT2D eigenvalue weighted by Gasteiger charge is 2.44. The summed E-state index contributed by atoms with van der Waals surface area (Å²) in [7, 11) is 1.61. The van der Waals surface area contributed by atoms with Crippen LogP contribution in [0.3, 0.4) is 0 Å². The Labute approximate surface area is 128 Å². The van der Waals surface area contributed by atoms with Gasteiger partial charge >= 0.3 is 0 Å². The van der Waals surface area contributed by atoms with Crippen molar-refractivity contribution in [2.75, 3.05) is 20.3 Å². The highest BCUT2D eigenvalue weighted by Crippen LogP contribution is 2.33. The molecule has 0 fully saturated rings. The zero-order chi connectivity index (χ0) is 16.5. The number of ether oxygens (including phenoxy) is 1. The quantitative estimate of drug-likeness (QED) is 0.280. The zero-order valence-corrected chi connectivity index (χ0v) is 14.1. The van der Waals surface area contributed by atoms with Crippen LogP contribution in [0.15, 0.2) is 5.16 Å². The molecule has 0 aromatic carbocycles. The van der Waals surface area contributed by atoms with Crippen molar-refractivity contribution >= 4 is 11.7 Å². The van der Waals surface area contributed by atoms with E-state index < -0.39 is 5.41 Å². The van der Waals surface area contributed by atoms with Gasteiger partial charge in [0.15, 0.2) is 5.84 Å². The summed E-state index contributed by atoms with van der Waals surface area (Å²) in [5.74, 6) is -0.0622. The summed E-state index contributed by atoms with van der Waals surface area (Å²) < 4.78 is 5.09. The van der Waals surface area contributed by atoms with Gasteiger partial charge in [-0.15, -0.1) is 0 Å². The van der Waals surface area contributed by atoms with E-state index in [1.807, 2.05) is 27.7 Å². The standard InChI is InChI=1S/C15H31N3O3/c1-6-8-15(9-7-2,13(16)17-20)14(19)18(12(3)4)10-11-21-5/h12,20H,6-11H2,1-5H3,(H2,16,17). The Morgan fingerprint density at radius 1 is 1.33 bits per heavy atom. The number of carbonyl (C=O) groups is 1. The molecule has 0 atom stereocenters. The molecule has 0 unspecified atom stereocenters. The van der Waals surface area contributed by atoms with Crippen molar-refractivity contribution in [2.24, 2.45) is 16.3 Å². The van der Waals surface area contributed by atoms with Crippen LogP contribution in [0, 0.1) is 5.41 Å². The predicted octanol–water partition coefficient (Wildman–Crippen LogP) is 2.20. The van der Waals surface area contributed by atoms with E-state index in [2.05, 4.69) is 5.16 Å². The monoisotopic (exact) mass is 301 g/mol. The van der Waals surface area contributed by atoms with Crippen molar-refractivity contribution in [3.8, 4) is 0 Å². The van der Waals surface area contributed by atoms with Gasteiger partial charge in [-0.25, -0.2) is 0 Å². The third-order valence-corrected chi connectivity index (χ3v) is 3.78. The van der Waals surface area contributed by atoms with Crippen LogP contribution in [-0.4, -0.2) is 48.2 Å². The van der Waals surface area contributed by atoms with E-state index in [4.69, 9.17) is 15.7 Å². The summed E-state index contributed by atoms with van der Waals surface area (Å²) in [6, 6.07) is 0.0345. The molecule has 0 aliphatic rings. The van der Waals surface area contributed by atoms with Gasteiger partial charge in [0.1, 0.15) is 5.41 Å². The fourth-order valence-electron chi connectivity index (χ4n) is 2.71. The van der Waals surface area contributed by atoms with Crippen LogP contribution >= 0.6 is 0 Å². The summed E-state index contributed by atoms with van der Waals surface area (Å²) in [5, 5.41) is 12.3. The van der Waals surface area contributed by atoms with Crippen molar-refractivity contribution in [3.05, 3.63) is 0 Å². The second kappa shape index (κ2) is 9.60. The highest BCUT2D eigenvalue weighted by molar-refractivity contribution is 6.06. The molecule has 0 radical (unpaired) electrons. The first-order valence-corrected chi connectivity index (χ1v) is 7.69. The number of hydrogen-bond acceptors (Lipinski definition) is 4. The lowest BCUT2D eigenvalue weighted by molar-refractivity contribution is -0.141. The molecule has 21 heavy (non-hydrogen) atoms. The van der Waals surface area contributed by atoms with Gasteiger partial charge in [0, 0.05) is 19.7 Å². The normalized spacial score (nSPS) is 12.8. The van der Waals surface area contributed by atoms with Gasteiger partial charge < -0.3 is 20.6 Å². The summed E-state index contributed by atoms with van der Waals surface area (Å²) in [6.45, 7) is 8.88. The number of hydrogen-bond donors (Lipinski definition) is 2. The second-order valence-corrected chi connectivity index (χ2v) is 5.65. The Kier molecular flexibility index (Phi) is 9.01. The molecule has 0 aliphatic carbocycles. The molecule has 0 saturated carbocycles. The first kappa shape index (κ1) is 19.7. The van der Waals surface area contributed by atoms with Gasteiger partial charge in [-0.2, -0.15) is 0 Å². The number of rotatable bonds is 10. The number of amidine groups is 1. The Balaban J connectivity index is 5.59. The molecule has 0 aromatic heterocycles. The molecule has 0 spiro atoms. The zero-order valence-electron chi connectivity index (χ0n) is 14.1. The molecule has 0 rings (SSSR count). The summed E-state index contributed by atoms with van der Waals surface area (Å²) in [4.78, 5) is 14.8. The maximum atomic E-state index is 13.1. The summed E-state index contributed by atoms with van der Waals surface area (Å²) >= 11 is 0. The van der Waals surface area contributed by atoms with E-state index in [0.717, 1.165) is 12.8 Å². The smallest absolute Gasteiger partial charge is 0.236 e. The minimum atomic E-state index is -0.920. The third-order valence-electron chi connectivity index (χ3n) is 3.78. The summed E-state index contributed by atoms with van der Waals surface area (Å²) in [6.07, 6.45) is 2.73. The van der Waals surface area contributed by atoms with E-state index in [1.165, 1.54) is 0 Å². The summed E-state index contributed by atoms with van der Waals surface area (Å²) in [5.41, 5.74) is 4.99. The lowest BCUT2D eigenvalue weighted by Gasteiger charge is -2.38. The third kappa shape index (κ3) is 4.88. The van der Waals surface area contributed by atoms with Gasteiger partial charge in [0.2, 0.25) is 5.91 Å². The van der Waals surface area contributed by atoms with E-state index in [9.17, 15) is 4.79 Å². The number of nitrogens with two attached hydrogens (primary N) is 1. The molecule has 124 valence electrons. The average molecular weight is 301 g/mol. The largest absolute Gasteiger partial charge is 0.409 e. The fraction of sp³-hybridized carbons (Fsp3) is 0.867.